The number of rotatable bonds is 5. The summed E-state index contributed by atoms with van der Waals surface area (Å²) < 4.78 is 9.38. The fourth-order valence-electron chi connectivity index (χ4n) is 4.32. The first-order valence-corrected chi connectivity index (χ1v) is 12.9. The molecule has 0 N–H and O–H groups in total. The molecule has 178 valence electrons. The average Bonchev–Trinajstić information content (AvgIpc) is 3.55. The van der Waals surface area contributed by atoms with Gasteiger partial charge in [0.2, 0.25) is 0 Å². The molecule has 1 aliphatic rings. The maximum Gasteiger partial charge on any atom is 0.338 e. The van der Waals surface area contributed by atoms with E-state index in [1.54, 1.807) is 18.4 Å². The number of benzene rings is 1. The second-order valence-electron chi connectivity index (χ2n) is 8.15. The second kappa shape index (κ2) is 9.24. The van der Waals surface area contributed by atoms with Gasteiger partial charge in [0.15, 0.2) is 4.80 Å². The molecule has 35 heavy (non-hydrogen) atoms. The van der Waals surface area contributed by atoms with Crippen LogP contribution >= 0.6 is 22.7 Å². The first-order valence-electron chi connectivity index (χ1n) is 11.3. The minimum absolute atomic E-state index is 0.187. The van der Waals surface area contributed by atoms with E-state index in [0.717, 1.165) is 27.5 Å². The van der Waals surface area contributed by atoms with Crippen LogP contribution in [0.3, 0.4) is 0 Å². The first kappa shape index (κ1) is 23.2. The van der Waals surface area contributed by atoms with Gasteiger partial charge in [0.05, 0.1) is 33.8 Å². The largest absolute Gasteiger partial charge is 0.463 e. The van der Waals surface area contributed by atoms with E-state index >= 15 is 0 Å². The third-order valence-corrected chi connectivity index (χ3v) is 7.86. The maximum atomic E-state index is 13.7. The second-order valence-corrected chi connectivity index (χ2v) is 10.1. The maximum absolute atomic E-state index is 13.7. The summed E-state index contributed by atoms with van der Waals surface area (Å²) in [5.74, 6) is -0.447. The number of thiazole rings is 1. The van der Waals surface area contributed by atoms with Crippen molar-refractivity contribution in [2.24, 2.45) is 4.99 Å². The first-order chi connectivity index (χ1) is 16.9. The molecule has 5 rings (SSSR count). The van der Waals surface area contributed by atoms with Crippen LogP contribution < -0.4 is 14.9 Å². The molecule has 1 aliphatic heterocycles. The topological polar surface area (TPSA) is 78.5 Å². The molecule has 0 aliphatic carbocycles. The predicted octanol–water partition coefficient (Wildman–Crippen LogP) is 3.66. The third kappa shape index (κ3) is 4.00. The van der Waals surface area contributed by atoms with Gasteiger partial charge in [0, 0.05) is 16.1 Å². The lowest BCUT2D eigenvalue weighted by Gasteiger charge is -2.23. The molecule has 1 atom stereocenters. The lowest BCUT2D eigenvalue weighted by atomic mass is 10.0. The molecule has 0 bridgehead atoms. The van der Waals surface area contributed by atoms with Crippen molar-refractivity contribution in [3.63, 3.8) is 0 Å². The number of aryl methyl sites for hydroxylation is 1. The normalized spacial score (nSPS) is 15.8. The van der Waals surface area contributed by atoms with Crippen LogP contribution in [0.15, 0.2) is 68.9 Å². The Morgan fingerprint density at radius 1 is 1.14 bits per heavy atom. The molecule has 9 heteroatoms. The molecular weight excluding hydrogens is 480 g/mol. The van der Waals surface area contributed by atoms with E-state index in [-0.39, 0.29) is 12.2 Å². The van der Waals surface area contributed by atoms with E-state index in [0.29, 0.717) is 20.6 Å². The molecule has 4 heterocycles. The number of hydrogen-bond donors (Lipinski definition) is 0. The molecule has 0 saturated heterocycles. The Morgan fingerprint density at radius 2 is 1.91 bits per heavy atom. The fraction of sp³-hybridized carbons (Fsp3) is 0.231. The molecule has 0 fully saturated rings. The lowest BCUT2D eigenvalue weighted by molar-refractivity contribution is -0.139. The minimum Gasteiger partial charge on any atom is -0.463 e. The summed E-state index contributed by atoms with van der Waals surface area (Å²) in [6.07, 6.45) is 1.88. The van der Waals surface area contributed by atoms with E-state index < -0.39 is 12.0 Å². The summed E-state index contributed by atoms with van der Waals surface area (Å²) in [6, 6.07) is 13.2. The standard InChI is InChI=1S/C26H24N4O3S2/c1-5-33-25(32)22-16(3)27-26-29(23(22)20-12-9-13-34-20)24(31)21(35-26)14-19-15(2)28-30(17(19)4)18-10-7-6-8-11-18/h6-14,23H,5H2,1-4H3/b21-14+/t23-/m1/s1. The Hall–Kier alpha value is -3.56. The van der Waals surface area contributed by atoms with Crippen molar-refractivity contribution in [2.45, 2.75) is 33.7 Å². The van der Waals surface area contributed by atoms with E-state index in [1.807, 2.05) is 72.4 Å². The van der Waals surface area contributed by atoms with Crippen LogP contribution in [0.4, 0.5) is 0 Å². The predicted molar refractivity (Wildman–Crippen MR) is 138 cm³/mol. The minimum atomic E-state index is -0.568. The lowest BCUT2D eigenvalue weighted by Crippen LogP contribution is -2.39. The number of aromatic nitrogens is 3. The number of carbonyl (C=O) groups excluding carboxylic acids is 1. The van der Waals surface area contributed by atoms with Gasteiger partial charge in [-0.15, -0.1) is 11.3 Å². The van der Waals surface area contributed by atoms with E-state index in [2.05, 4.69) is 4.99 Å². The Morgan fingerprint density at radius 3 is 2.60 bits per heavy atom. The number of fused-ring (bicyclic) bond motifs is 1. The number of para-hydroxylation sites is 1. The zero-order valence-electron chi connectivity index (χ0n) is 19.8. The number of nitrogens with zero attached hydrogens (tertiary/aromatic N) is 4. The number of ether oxygens (including phenoxy) is 1. The quantitative estimate of drug-likeness (QED) is 0.389. The van der Waals surface area contributed by atoms with Gasteiger partial charge >= 0.3 is 5.97 Å². The summed E-state index contributed by atoms with van der Waals surface area (Å²) in [7, 11) is 0. The van der Waals surface area contributed by atoms with Crippen LogP contribution in [0.5, 0.6) is 0 Å². The van der Waals surface area contributed by atoms with Crippen LogP contribution in [-0.4, -0.2) is 26.9 Å². The highest BCUT2D eigenvalue weighted by Crippen LogP contribution is 2.33. The zero-order chi connectivity index (χ0) is 24.7. The van der Waals surface area contributed by atoms with E-state index in [9.17, 15) is 9.59 Å². The van der Waals surface area contributed by atoms with Gasteiger partial charge in [0.25, 0.3) is 5.56 Å². The van der Waals surface area contributed by atoms with Crippen molar-refractivity contribution < 1.29 is 9.53 Å². The summed E-state index contributed by atoms with van der Waals surface area (Å²) in [5, 5.41) is 6.64. The van der Waals surface area contributed by atoms with E-state index in [1.165, 1.54) is 22.7 Å². The molecule has 0 spiro atoms. The van der Waals surface area contributed by atoms with Crippen LogP contribution in [0.25, 0.3) is 11.8 Å². The SMILES string of the molecule is CCOC(=O)C1=C(C)N=c2s/c(=C/c3c(C)nn(-c4ccccc4)c3C)c(=O)n2[C@@H]1c1cccs1. The average molecular weight is 505 g/mol. The number of thiophene rings is 1. The van der Waals surface area contributed by atoms with Crippen molar-refractivity contribution in [1.82, 2.24) is 14.3 Å². The molecule has 0 amide bonds. The Labute approximate surface area is 210 Å². The Balaban J connectivity index is 1.69. The summed E-state index contributed by atoms with van der Waals surface area (Å²) >= 11 is 2.82. The molecule has 4 aromatic rings. The van der Waals surface area contributed by atoms with Crippen molar-refractivity contribution in [1.29, 1.82) is 0 Å². The fourth-order valence-corrected chi connectivity index (χ4v) is 6.17. The Bertz CT molecular complexity index is 1620. The highest BCUT2D eigenvalue weighted by molar-refractivity contribution is 7.10. The molecule has 3 aromatic heterocycles. The zero-order valence-corrected chi connectivity index (χ0v) is 21.4. The van der Waals surface area contributed by atoms with Crippen molar-refractivity contribution in [2.75, 3.05) is 6.61 Å². The van der Waals surface area contributed by atoms with Crippen LogP contribution in [0.1, 0.15) is 41.7 Å². The summed E-state index contributed by atoms with van der Waals surface area (Å²) in [5.41, 5.74) is 4.41. The van der Waals surface area contributed by atoms with Crippen LogP contribution in [-0.2, 0) is 9.53 Å². The molecule has 0 radical (unpaired) electrons. The van der Waals surface area contributed by atoms with Crippen molar-refractivity contribution in [3.8, 4) is 5.69 Å². The van der Waals surface area contributed by atoms with Gasteiger partial charge in [-0.2, -0.15) is 5.10 Å². The number of allylic oxidation sites excluding steroid dienone is 1. The van der Waals surface area contributed by atoms with Crippen LogP contribution in [0.2, 0.25) is 0 Å². The monoisotopic (exact) mass is 504 g/mol. The van der Waals surface area contributed by atoms with Crippen LogP contribution in [0, 0.1) is 13.8 Å². The smallest absolute Gasteiger partial charge is 0.338 e. The number of carbonyl (C=O) groups is 1. The molecule has 1 aromatic carbocycles. The number of hydrogen-bond acceptors (Lipinski definition) is 7. The summed E-state index contributed by atoms with van der Waals surface area (Å²) in [6.45, 7) is 7.74. The molecule has 7 nitrogen and oxygen atoms in total. The van der Waals surface area contributed by atoms with Gasteiger partial charge < -0.3 is 4.74 Å². The van der Waals surface area contributed by atoms with Gasteiger partial charge in [-0.25, -0.2) is 14.5 Å². The van der Waals surface area contributed by atoms with Crippen molar-refractivity contribution >= 4 is 34.7 Å². The highest BCUT2D eigenvalue weighted by atomic mass is 32.1. The van der Waals surface area contributed by atoms with Gasteiger partial charge in [0.1, 0.15) is 6.04 Å². The third-order valence-electron chi connectivity index (χ3n) is 5.95. The highest BCUT2D eigenvalue weighted by Gasteiger charge is 2.34. The van der Waals surface area contributed by atoms with Gasteiger partial charge in [-0.1, -0.05) is 35.6 Å². The molecule has 0 saturated carbocycles. The van der Waals surface area contributed by atoms with Gasteiger partial charge in [-0.3, -0.25) is 9.36 Å². The molecule has 0 unspecified atom stereocenters. The Kier molecular flexibility index (Phi) is 6.12. The molecular formula is C26H24N4O3S2. The van der Waals surface area contributed by atoms with Gasteiger partial charge in [-0.05, 0) is 57.4 Å². The van der Waals surface area contributed by atoms with E-state index in [4.69, 9.17) is 9.84 Å². The summed E-state index contributed by atoms with van der Waals surface area (Å²) in [4.78, 5) is 32.7. The number of esters is 1. The van der Waals surface area contributed by atoms with Crippen molar-refractivity contribution in [3.05, 3.63) is 101 Å².